The Labute approximate surface area is 120 Å². The second kappa shape index (κ2) is 5.60. The summed E-state index contributed by atoms with van der Waals surface area (Å²) >= 11 is 0. The maximum Gasteiger partial charge on any atom is 0.260 e. The van der Waals surface area contributed by atoms with Crippen molar-refractivity contribution in [2.24, 2.45) is 0 Å². The summed E-state index contributed by atoms with van der Waals surface area (Å²) < 4.78 is 40.1. The first-order chi connectivity index (χ1) is 9.27. The minimum absolute atomic E-state index is 0.0334. The fourth-order valence-electron chi connectivity index (χ4n) is 2.81. The average Bonchev–Trinajstić information content (AvgIpc) is 2.92. The van der Waals surface area contributed by atoms with Crippen molar-refractivity contribution in [3.63, 3.8) is 0 Å². The summed E-state index contributed by atoms with van der Waals surface area (Å²) in [5, 5.41) is -0.510. The first-order valence-electron chi connectivity index (χ1n) is 7.25. The molecule has 0 aromatic rings. The lowest BCUT2D eigenvalue weighted by molar-refractivity contribution is -0.145. The van der Waals surface area contributed by atoms with E-state index in [9.17, 15) is 17.6 Å². The lowest BCUT2D eigenvalue weighted by Crippen LogP contribution is -2.53. The van der Waals surface area contributed by atoms with Crippen LogP contribution in [0.3, 0.4) is 0 Å². The Morgan fingerprint density at radius 1 is 1.10 bits per heavy atom. The molecule has 116 valence electrons. The predicted octanol–water partition coefficient (Wildman–Crippen LogP) is 1.15. The molecule has 0 unspecified atom stereocenters. The van der Waals surface area contributed by atoms with Crippen molar-refractivity contribution in [3.05, 3.63) is 0 Å². The Balaban J connectivity index is 2.01. The zero-order valence-electron chi connectivity index (χ0n) is 12.1. The highest BCUT2D eigenvalue weighted by Gasteiger charge is 2.46. The number of hydrogen-bond acceptors (Lipinski definition) is 3. The number of hydrogen-bond donors (Lipinski definition) is 0. The maximum absolute atomic E-state index is 14.8. The van der Waals surface area contributed by atoms with Gasteiger partial charge in [-0.3, -0.25) is 4.79 Å². The van der Waals surface area contributed by atoms with Gasteiger partial charge >= 0.3 is 0 Å². The molecular weight excluding hydrogens is 283 g/mol. The van der Waals surface area contributed by atoms with Gasteiger partial charge in [-0.25, -0.2) is 17.1 Å². The molecule has 2 aliphatic heterocycles. The summed E-state index contributed by atoms with van der Waals surface area (Å²) in [6, 6.07) is 0. The molecule has 7 heteroatoms. The second-order valence-electron chi connectivity index (χ2n) is 5.96. The van der Waals surface area contributed by atoms with Gasteiger partial charge in [0.1, 0.15) is 0 Å². The van der Waals surface area contributed by atoms with E-state index in [1.807, 2.05) is 0 Å². The van der Waals surface area contributed by atoms with Gasteiger partial charge in [0.15, 0.2) is 5.67 Å². The van der Waals surface area contributed by atoms with Crippen molar-refractivity contribution in [3.8, 4) is 0 Å². The molecular formula is C13H23FN2O3S. The minimum atomic E-state index is -3.35. The van der Waals surface area contributed by atoms with E-state index < -0.39 is 26.8 Å². The summed E-state index contributed by atoms with van der Waals surface area (Å²) in [7, 11) is -3.35. The molecule has 2 saturated heterocycles. The molecule has 0 aromatic heterocycles. The van der Waals surface area contributed by atoms with Crippen LogP contribution in [0.4, 0.5) is 4.39 Å². The molecule has 2 aliphatic rings. The zero-order valence-corrected chi connectivity index (χ0v) is 13.0. The van der Waals surface area contributed by atoms with E-state index >= 15 is 0 Å². The topological polar surface area (TPSA) is 57.7 Å². The van der Waals surface area contributed by atoms with Crippen molar-refractivity contribution in [2.75, 3.05) is 26.2 Å². The van der Waals surface area contributed by atoms with Gasteiger partial charge in [-0.2, -0.15) is 0 Å². The third-order valence-corrected chi connectivity index (χ3v) is 6.52. The number of halogens is 1. The summed E-state index contributed by atoms with van der Waals surface area (Å²) in [4.78, 5) is 13.8. The van der Waals surface area contributed by atoms with Crippen LogP contribution in [-0.4, -0.2) is 60.6 Å². The molecule has 2 fully saturated rings. The Morgan fingerprint density at radius 2 is 1.60 bits per heavy atom. The van der Waals surface area contributed by atoms with Crippen molar-refractivity contribution in [1.29, 1.82) is 0 Å². The van der Waals surface area contributed by atoms with E-state index in [2.05, 4.69) is 0 Å². The molecule has 0 aromatic carbocycles. The van der Waals surface area contributed by atoms with Gasteiger partial charge in [0.25, 0.3) is 5.91 Å². The van der Waals surface area contributed by atoms with E-state index in [0.717, 1.165) is 12.8 Å². The van der Waals surface area contributed by atoms with Gasteiger partial charge in [-0.1, -0.05) is 0 Å². The van der Waals surface area contributed by atoms with E-state index in [4.69, 9.17) is 0 Å². The SMILES string of the molecule is CC(C)S(=O)(=O)N1CCC(F)(C(=O)N2CCCC2)CC1. The molecule has 0 spiro atoms. The van der Waals surface area contributed by atoms with Crippen LogP contribution in [-0.2, 0) is 14.8 Å². The molecule has 0 saturated carbocycles. The molecule has 0 aliphatic carbocycles. The van der Waals surface area contributed by atoms with Crippen molar-refractivity contribution >= 4 is 15.9 Å². The molecule has 0 bridgehead atoms. The van der Waals surface area contributed by atoms with Crippen molar-refractivity contribution in [1.82, 2.24) is 9.21 Å². The van der Waals surface area contributed by atoms with Crippen LogP contribution < -0.4 is 0 Å². The van der Waals surface area contributed by atoms with Gasteiger partial charge < -0.3 is 4.90 Å². The number of carbonyl (C=O) groups excluding carboxylic acids is 1. The Bertz CT molecular complexity index is 464. The van der Waals surface area contributed by atoms with Crippen LogP contribution in [0.15, 0.2) is 0 Å². The van der Waals surface area contributed by atoms with E-state index in [1.54, 1.807) is 18.7 Å². The van der Waals surface area contributed by atoms with Crippen LogP contribution in [0.2, 0.25) is 0 Å². The number of amides is 1. The maximum atomic E-state index is 14.8. The van der Waals surface area contributed by atoms with Gasteiger partial charge in [-0.05, 0) is 26.7 Å². The number of alkyl halides is 1. The lowest BCUT2D eigenvalue weighted by atomic mass is 9.93. The Kier molecular flexibility index (Phi) is 4.39. The number of carbonyl (C=O) groups is 1. The highest BCUT2D eigenvalue weighted by molar-refractivity contribution is 7.89. The van der Waals surface area contributed by atoms with Crippen LogP contribution in [0.25, 0.3) is 0 Å². The molecule has 5 nitrogen and oxygen atoms in total. The summed E-state index contributed by atoms with van der Waals surface area (Å²) in [6.45, 7) is 4.66. The third kappa shape index (κ3) is 2.83. The van der Waals surface area contributed by atoms with Gasteiger partial charge in [0.05, 0.1) is 5.25 Å². The lowest BCUT2D eigenvalue weighted by Gasteiger charge is -2.37. The Morgan fingerprint density at radius 3 is 2.05 bits per heavy atom. The van der Waals surface area contributed by atoms with Crippen LogP contribution in [0.5, 0.6) is 0 Å². The monoisotopic (exact) mass is 306 g/mol. The molecule has 0 radical (unpaired) electrons. The molecule has 1 amide bonds. The fourth-order valence-corrected chi connectivity index (χ4v) is 4.10. The van der Waals surface area contributed by atoms with Crippen LogP contribution >= 0.6 is 0 Å². The number of likely N-dealkylation sites (tertiary alicyclic amines) is 1. The molecule has 2 rings (SSSR count). The molecule has 0 atom stereocenters. The van der Waals surface area contributed by atoms with Gasteiger partial charge in [0.2, 0.25) is 10.0 Å². The first-order valence-corrected chi connectivity index (χ1v) is 8.75. The van der Waals surface area contributed by atoms with Crippen LogP contribution in [0.1, 0.15) is 39.5 Å². The van der Waals surface area contributed by atoms with Gasteiger partial charge in [0, 0.05) is 39.0 Å². The molecule has 2 heterocycles. The van der Waals surface area contributed by atoms with Crippen molar-refractivity contribution in [2.45, 2.75) is 50.4 Å². The summed E-state index contributed by atoms with van der Waals surface area (Å²) in [6.07, 6.45) is 1.79. The average molecular weight is 306 g/mol. The normalized spacial score (nSPS) is 24.3. The highest BCUT2D eigenvalue weighted by atomic mass is 32.2. The highest BCUT2D eigenvalue weighted by Crippen LogP contribution is 2.31. The fraction of sp³-hybridized carbons (Fsp3) is 0.923. The van der Waals surface area contributed by atoms with E-state index in [-0.39, 0.29) is 25.9 Å². The van der Waals surface area contributed by atoms with Crippen molar-refractivity contribution < 1.29 is 17.6 Å². The first kappa shape index (κ1) is 15.7. The van der Waals surface area contributed by atoms with E-state index in [0.29, 0.717) is 13.1 Å². The largest absolute Gasteiger partial charge is 0.340 e. The predicted molar refractivity (Wildman–Crippen MR) is 74.5 cm³/mol. The van der Waals surface area contributed by atoms with Crippen LogP contribution in [0, 0.1) is 0 Å². The summed E-state index contributed by atoms with van der Waals surface area (Å²) in [5.74, 6) is -0.448. The number of rotatable bonds is 3. The number of piperidine rings is 1. The number of nitrogens with zero attached hydrogens (tertiary/aromatic N) is 2. The van der Waals surface area contributed by atoms with Gasteiger partial charge in [-0.15, -0.1) is 0 Å². The minimum Gasteiger partial charge on any atom is -0.340 e. The molecule has 20 heavy (non-hydrogen) atoms. The third-order valence-electron chi connectivity index (χ3n) is 4.25. The Hall–Kier alpha value is -0.690. The summed E-state index contributed by atoms with van der Waals surface area (Å²) in [5.41, 5.74) is -1.88. The molecule has 0 N–H and O–H groups in total. The standard InChI is InChI=1S/C13H23FN2O3S/c1-11(2)20(18,19)16-9-5-13(14,6-10-16)12(17)15-7-3-4-8-15/h11H,3-10H2,1-2H3. The number of sulfonamides is 1. The second-order valence-corrected chi connectivity index (χ2v) is 8.45. The quantitative estimate of drug-likeness (QED) is 0.786. The zero-order chi connectivity index (χ0) is 15.0. The smallest absolute Gasteiger partial charge is 0.260 e. The van der Waals surface area contributed by atoms with E-state index in [1.165, 1.54) is 4.31 Å².